The van der Waals surface area contributed by atoms with Gasteiger partial charge in [0.25, 0.3) is 11.5 Å². The molecule has 1 aromatic heterocycles. The second-order valence-electron chi connectivity index (χ2n) is 3.08. The van der Waals surface area contributed by atoms with Crippen LogP contribution >= 0.6 is 11.6 Å². The number of hydrogen-bond donors (Lipinski definition) is 2. The van der Waals surface area contributed by atoms with E-state index in [2.05, 4.69) is 4.98 Å². The van der Waals surface area contributed by atoms with E-state index in [0.29, 0.717) is 15.8 Å². The molecule has 0 spiro atoms. The lowest BCUT2D eigenvalue weighted by Gasteiger charge is -2.01. The van der Waals surface area contributed by atoms with Gasteiger partial charge in [-0.2, -0.15) is 0 Å². The SMILES string of the molecule is NC(=O)c1cc2cccc(Cl)c2c(=O)[nH]1. The van der Waals surface area contributed by atoms with Crippen LogP contribution in [-0.4, -0.2) is 10.9 Å². The van der Waals surface area contributed by atoms with E-state index in [0.717, 1.165) is 0 Å². The van der Waals surface area contributed by atoms with Gasteiger partial charge in [-0.25, -0.2) is 0 Å². The van der Waals surface area contributed by atoms with Gasteiger partial charge in [0.15, 0.2) is 0 Å². The van der Waals surface area contributed by atoms with Crippen molar-refractivity contribution < 1.29 is 4.79 Å². The number of nitrogens with two attached hydrogens (primary N) is 1. The Kier molecular flexibility index (Phi) is 2.21. The molecule has 0 aliphatic rings. The first kappa shape index (κ1) is 9.73. The number of aromatic nitrogens is 1. The minimum absolute atomic E-state index is 0.0785. The van der Waals surface area contributed by atoms with E-state index in [1.807, 2.05) is 0 Å². The molecule has 2 rings (SSSR count). The summed E-state index contributed by atoms with van der Waals surface area (Å²) in [6.45, 7) is 0. The number of amides is 1. The number of H-pyrrole nitrogens is 1. The van der Waals surface area contributed by atoms with Crippen LogP contribution in [0.15, 0.2) is 29.1 Å². The molecule has 0 atom stereocenters. The number of aromatic amines is 1. The standard InChI is InChI=1S/C10H7ClN2O2/c11-6-3-1-2-5-4-7(9(12)14)13-10(15)8(5)6/h1-4H,(H2,12,14)(H,13,15). The Labute approximate surface area is 89.7 Å². The number of fused-ring (bicyclic) bond motifs is 1. The van der Waals surface area contributed by atoms with E-state index in [1.54, 1.807) is 18.2 Å². The highest BCUT2D eigenvalue weighted by Crippen LogP contribution is 2.19. The lowest BCUT2D eigenvalue weighted by molar-refractivity contribution is 0.0995. The molecule has 0 saturated heterocycles. The number of carbonyl (C=O) groups is 1. The smallest absolute Gasteiger partial charge is 0.265 e. The Morgan fingerprint density at radius 2 is 2.13 bits per heavy atom. The molecule has 0 bridgehead atoms. The minimum atomic E-state index is -0.672. The lowest BCUT2D eigenvalue weighted by Crippen LogP contribution is -2.18. The Bertz CT molecular complexity index is 604. The van der Waals surface area contributed by atoms with Crippen LogP contribution in [0.25, 0.3) is 10.8 Å². The molecule has 0 saturated carbocycles. The van der Waals surface area contributed by atoms with Crippen molar-refractivity contribution in [3.8, 4) is 0 Å². The van der Waals surface area contributed by atoms with Gasteiger partial charge in [0.1, 0.15) is 5.69 Å². The van der Waals surface area contributed by atoms with E-state index in [4.69, 9.17) is 17.3 Å². The maximum Gasteiger partial charge on any atom is 0.265 e. The molecule has 15 heavy (non-hydrogen) atoms. The van der Waals surface area contributed by atoms with Crippen LogP contribution in [0.5, 0.6) is 0 Å². The molecular formula is C10H7ClN2O2. The molecule has 1 aromatic carbocycles. The summed E-state index contributed by atoms with van der Waals surface area (Å²) in [5, 5.41) is 1.31. The van der Waals surface area contributed by atoms with Crippen molar-refractivity contribution in [1.29, 1.82) is 0 Å². The second kappa shape index (κ2) is 3.40. The maximum absolute atomic E-state index is 11.6. The van der Waals surface area contributed by atoms with Crippen LogP contribution in [0.3, 0.4) is 0 Å². The van der Waals surface area contributed by atoms with Gasteiger partial charge in [-0.05, 0) is 17.5 Å². The summed E-state index contributed by atoms with van der Waals surface area (Å²) in [5.41, 5.74) is 4.74. The predicted octanol–water partition coefficient (Wildman–Crippen LogP) is 1.28. The van der Waals surface area contributed by atoms with E-state index in [1.165, 1.54) is 6.07 Å². The molecular weight excluding hydrogens is 216 g/mol. The highest BCUT2D eigenvalue weighted by molar-refractivity contribution is 6.35. The number of carbonyl (C=O) groups excluding carboxylic acids is 1. The molecule has 4 nitrogen and oxygen atoms in total. The van der Waals surface area contributed by atoms with Gasteiger partial charge in [0.2, 0.25) is 0 Å². The topological polar surface area (TPSA) is 76.0 Å². The van der Waals surface area contributed by atoms with Crippen LogP contribution in [-0.2, 0) is 0 Å². The summed E-state index contributed by atoms with van der Waals surface area (Å²) in [5.74, 6) is -0.672. The zero-order valence-electron chi connectivity index (χ0n) is 7.58. The van der Waals surface area contributed by atoms with Gasteiger partial charge in [0, 0.05) is 0 Å². The third-order valence-electron chi connectivity index (χ3n) is 2.09. The van der Waals surface area contributed by atoms with E-state index >= 15 is 0 Å². The number of primary amides is 1. The highest BCUT2D eigenvalue weighted by atomic mass is 35.5. The fourth-order valence-corrected chi connectivity index (χ4v) is 1.68. The molecule has 2 aromatic rings. The largest absolute Gasteiger partial charge is 0.364 e. The van der Waals surface area contributed by atoms with Crippen molar-refractivity contribution in [3.05, 3.63) is 45.3 Å². The van der Waals surface area contributed by atoms with Crippen LogP contribution in [0.2, 0.25) is 5.02 Å². The number of benzene rings is 1. The van der Waals surface area contributed by atoms with Crippen LogP contribution in [0.1, 0.15) is 10.5 Å². The van der Waals surface area contributed by atoms with E-state index in [9.17, 15) is 9.59 Å². The molecule has 1 amide bonds. The molecule has 3 N–H and O–H groups in total. The van der Waals surface area contributed by atoms with E-state index < -0.39 is 11.5 Å². The quantitative estimate of drug-likeness (QED) is 0.763. The number of hydrogen-bond acceptors (Lipinski definition) is 2. The lowest BCUT2D eigenvalue weighted by atomic mass is 10.1. The average molecular weight is 223 g/mol. The fourth-order valence-electron chi connectivity index (χ4n) is 1.41. The molecule has 0 unspecified atom stereocenters. The van der Waals surface area contributed by atoms with Crippen molar-refractivity contribution in [1.82, 2.24) is 4.98 Å². The number of rotatable bonds is 1. The van der Waals surface area contributed by atoms with Crippen LogP contribution < -0.4 is 11.3 Å². The fraction of sp³-hybridized carbons (Fsp3) is 0. The van der Waals surface area contributed by atoms with Crippen LogP contribution in [0.4, 0.5) is 0 Å². The zero-order valence-corrected chi connectivity index (χ0v) is 8.34. The molecule has 0 fully saturated rings. The average Bonchev–Trinajstić information content (AvgIpc) is 2.17. The Morgan fingerprint density at radius 1 is 1.40 bits per heavy atom. The zero-order chi connectivity index (χ0) is 11.0. The monoisotopic (exact) mass is 222 g/mol. The van der Waals surface area contributed by atoms with Crippen molar-refractivity contribution in [3.63, 3.8) is 0 Å². The van der Waals surface area contributed by atoms with Crippen molar-refractivity contribution >= 4 is 28.3 Å². The van der Waals surface area contributed by atoms with Crippen molar-refractivity contribution in [2.45, 2.75) is 0 Å². The third-order valence-corrected chi connectivity index (χ3v) is 2.40. The van der Waals surface area contributed by atoms with Gasteiger partial charge in [-0.15, -0.1) is 0 Å². The Morgan fingerprint density at radius 3 is 2.80 bits per heavy atom. The molecule has 0 aliphatic heterocycles. The summed E-state index contributed by atoms with van der Waals surface area (Å²) >= 11 is 5.86. The molecule has 0 aliphatic carbocycles. The van der Waals surface area contributed by atoms with Crippen molar-refractivity contribution in [2.24, 2.45) is 5.73 Å². The third kappa shape index (κ3) is 1.59. The summed E-state index contributed by atoms with van der Waals surface area (Å²) in [4.78, 5) is 24.9. The van der Waals surface area contributed by atoms with Gasteiger partial charge in [-0.3, -0.25) is 9.59 Å². The van der Waals surface area contributed by atoms with Gasteiger partial charge < -0.3 is 10.7 Å². The summed E-state index contributed by atoms with van der Waals surface area (Å²) in [6.07, 6.45) is 0. The first-order valence-electron chi connectivity index (χ1n) is 4.21. The second-order valence-corrected chi connectivity index (χ2v) is 3.49. The first-order chi connectivity index (χ1) is 7.09. The summed E-state index contributed by atoms with van der Waals surface area (Å²) in [6, 6.07) is 6.52. The number of halogens is 1. The molecule has 76 valence electrons. The van der Waals surface area contributed by atoms with Crippen LogP contribution in [0, 0.1) is 0 Å². The highest BCUT2D eigenvalue weighted by Gasteiger charge is 2.07. The normalized spacial score (nSPS) is 10.5. The summed E-state index contributed by atoms with van der Waals surface area (Å²) in [7, 11) is 0. The van der Waals surface area contributed by atoms with Crippen molar-refractivity contribution in [2.75, 3.05) is 0 Å². The number of pyridine rings is 1. The number of nitrogens with one attached hydrogen (secondary N) is 1. The molecule has 0 radical (unpaired) electrons. The molecule has 1 heterocycles. The van der Waals surface area contributed by atoms with Gasteiger partial charge >= 0.3 is 0 Å². The Hall–Kier alpha value is -1.81. The minimum Gasteiger partial charge on any atom is -0.364 e. The molecule has 5 heteroatoms. The van der Waals surface area contributed by atoms with Gasteiger partial charge in [-0.1, -0.05) is 23.7 Å². The summed E-state index contributed by atoms with van der Waals surface area (Å²) < 4.78 is 0. The predicted molar refractivity (Wildman–Crippen MR) is 58.1 cm³/mol. The maximum atomic E-state index is 11.6. The van der Waals surface area contributed by atoms with Gasteiger partial charge in [0.05, 0.1) is 10.4 Å². The first-order valence-corrected chi connectivity index (χ1v) is 4.59. The van der Waals surface area contributed by atoms with E-state index in [-0.39, 0.29) is 5.69 Å². The Balaban J connectivity index is 2.91.